The number of amides is 2. The van der Waals surface area contributed by atoms with Gasteiger partial charge in [0.2, 0.25) is 6.79 Å². The zero-order valence-corrected chi connectivity index (χ0v) is 25.3. The van der Waals surface area contributed by atoms with Crippen molar-refractivity contribution in [2.45, 2.75) is 56.9 Å². The second-order valence-electron chi connectivity index (χ2n) is 12.5. The van der Waals surface area contributed by atoms with Crippen molar-refractivity contribution in [1.82, 2.24) is 14.7 Å². The lowest BCUT2D eigenvalue weighted by atomic mass is 9.71. The van der Waals surface area contributed by atoms with Crippen LogP contribution in [0, 0.1) is 25.2 Å². The van der Waals surface area contributed by atoms with Crippen LogP contribution in [0.1, 0.15) is 66.2 Å². The van der Waals surface area contributed by atoms with Crippen LogP contribution in [-0.2, 0) is 12.8 Å². The third kappa shape index (κ3) is 3.52. The molecule has 1 fully saturated rings. The van der Waals surface area contributed by atoms with Crippen LogP contribution in [0.5, 0.6) is 28.7 Å². The Hall–Kier alpha value is -4.79. The number of nitriles is 1. The van der Waals surface area contributed by atoms with E-state index in [0.29, 0.717) is 57.9 Å². The summed E-state index contributed by atoms with van der Waals surface area (Å²) in [5.41, 5.74) is 4.92. The van der Waals surface area contributed by atoms with Gasteiger partial charge in [0.05, 0.1) is 36.4 Å². The van der Waals surface area contributed by atoms with E-state index in [9.17, 15) is 25.1 Å². The Labute approximate surface area is 259 Å². The van der Waals surface area contributed by atoms with E-state index in [0.717, 1.165) is 16.7 Å². The molecule has 230 valence electrons. The van der Waals surface area contributed by atoms with Crippen LogP contribution < -0.4 is 14.2 Å². The van der Waals surface area contributed by atoms with Crippen molar-refractivity contribution in [1.29, 1.82) is 5.26 Å². The van der Waals surface area contributed by atoms with Crippen molar-refractivity contribution < 1.29 is 34.0 Å². The van der Waals surface area contributed by atoms with E-state index in [4.69, 9.17) is 14.2 Å². The molecular weight excluding hydrogens is 576 g/mol. The third-order valence-electron chi connectivity index (χ3n) is 10.5. The van der Waals surface area contributed by atoms with Gasteiger partial charge in [-0.1, -0.05) is 18.2 Å². The topological polar surface area (TPSA) is 136 Å². The van der Waals surface area contributed by atoms with E-state index in [1.807, 2.05) is 20.0 Å². The van der Waals surface area contributed by atoms with Crippen molar-refractivity contribution in [3.05, 3.63) is 74.8 Å². The number of likely N-dealkylation sites (N-methyl/N-ethyl adjacent to an activating group) is 1. The molecule has 5 aliphatic heterocycles. The fourth-order valence-electron chi connectivity index (χ4n) is 8.60. The zero-order valence-electron chi connectivity index (χ0n) is 25.3. The quantitative estimate of drug-likeness (QED) is 0.425. The summed E-state index contributed by atoms with van der Waals surface area (Å²) < 4.78 is 17.4. The van der Waals surface area contributed by atoms with E-state index in [1.165, 1.54) is 12.0 Å². The summed E-state index contributed by atoms with van der Waals surface area (Å²) in [5, 5.41) is 34.1. The number of ether oxygens (including phenoxy) is 3. The predicted octanol–water partition coefficient (Wildman–Crippen LogP) is 3.52. The summed E-state index contributed by atoms with van der Waals surface area (Å²) in [5.74, 6) is 0.583. The first-order chi connectivity index (χ1) is 21.7. The molecule has 3 aromatic rings. The number of phenols is 2. The monoisotopic (exact) mass is 608 g/mol. The number of carbonyl (C=O) groups excluding carboxylic acids is 2. The number of benzene rings is 3. The number of fused-ring (bicyclic) bond motifs is 10. The molecule has 5 atom stereocenters. The maximum atomic E-state index is 13.7. The van der Waals surface area contributed by atoms with Crippen molar-refractivity contribution in [3.8, 4) is 34.8 Å². The number of carbonyl (C=O) groups is 2. The first-order valence-electron chi connectivity index (χ1n) is 15.0. The van der Waals surface area contributed by atoms with Gasteiger partial charge in [-0.2, -0.15) is 5.26 Å². The summed E-state index contributed by atoms with van der Waals surface area (Å²) in [4.78, 5) is 32.8. The minimum absolute atomic E-state index is 0.0364. The van der Waals surface area contributed by atoms with Gasteiger partial charge in [-0.15, -0.1) is 0 Å². The second kappa shape index (κ2) is 9.60. The summed E-state index contributed by atoms with van der Waals surface area (Å²) in [6.45, 7) is 3.56. The highest BCUT2D eigenvalue weighted by Gasteiger charge is 2.57. The minimum Gasteiger partial charge on any atom is -0.507 e. The Kier molecular flexibility index (Phi) is 5.92. The van der Waals surface area contributed by atoms with Crippen LogP contribution in [0.4, 0.5) is 0 Å². The van der Waals surface area contributed by atoms with Crippen molar-refractivity contribution >= 4 is 11.8 Å². The molecule has 5 heterocycles. The fraction of sp³-hybridized carbons (Fsp3) is 0.382. The summed E-state index contributed by atoms with van der Waals surface area (Å²) in [6, 6.07) is 8.91. The van der Waals surface area contributed by atoms with Crippen molar-refractivity contribution in [3.63, 3.8) is 0 Å². The molecule has 0 radical (unpaired) electrons. The van der Waals surface area contributed by atoms with Gasteiger partial charge in [-0.3, -0.25) is 24.3 Å². The number of aromatic hydroxyl groups is 2. The van der Waals surface area contributed by atoms with E-state index >= 15 is 0 Å². The molecule has 45 heavy (non-hydrogen) atoms. The molecule has 11 heteroatoms. The minimum atomic E-state index is -0.706. The first-order valence-corrected chi connectivity index (χ1v) is 15.0. The number of hydrogen-bond donors (Lipinski definition) is 2. The smallest absolute Gasteiger partial charge is 0.261 e. The van der Waals surface area contributed by atoms with Gasteiger partial charge < -0.3 is 24.4 Å². The highest BCUT2D eigenvalue weighted by Crippen LogP contribution is 2.58. The lowest BCUT2D eigenvalue weighted by Gasteiger charge is -2.60. The molecular formula is C34H32N4O7. The van der Waals surface area contributed by atoms with E-state index in [2.05, 4.69) is 15.9 Å². The molecule has 2 bridgehead atoms. The van der Waals surface area contributed by atoms with Gasteiger partial charge in [0.15, 0.2) is 23.0 Å². The molecule has 2 amide bonds. The normalized spacial score (nSPS) is 26.2. The Bertz CT molecular complexity index is 1850. The van der Waals surface area contributed by atoms with Crippen LogP contribution in [0.25, 0.3) is 0 Å². The number of nitrogens with zero attached hydrogens (tertiary/aromatic N) is 4. The van der Waals surface area contributed by atoms with Crippen molar-refractivity contribution in [2.24, 2.45) is 0 Å². The zero-order chi connectivity index (χ0) is 31.5. The number of imide groups is 1. The van der Waals surface area contributed by atoms with Crippen molar-refractivity contribution in [2.75, 3.05) is 27.5 Å². The molecule has 1 saturated heterocycles. The highest BCUT2D eigenvalue weighted by molar-refractivity contribution is 6.21. The van der Waals surface area contributed by atoms with E-state index in [-0.39, 0.29) is 36.9 Å². The lowest BCUT2D eigenvalue weighted by molar-refractivity contribution is -0.0758. The van der Waals surface area contributed by atoms with Crippen LogP contribution in [-0.4, -0.2) is 82.3 Å². The Balaban J connectivity index is 1.35. The number of piperazine rings is 1. The van der Waals surface area contributed by atoms with Crippen LogP contribution in [0.2, 0.25) is 0 Å². The van der Waals surface area contributed by atoms with Crippen LogP contribution in [0.15, 0.2) is 30.3 Å². The number of aryl methyl sites for hydroxylation is 1. The second-order valence-corrected chi connectivity index (χ2v) is 12.5. The highest BCUT2D eigenvalue weighted by atomic mass is 16.7. The average molecular weight is 609 g/mol. The van der Waals surface area contributed by atoms with E-state index < -0.39 is 29.9 Å². The SMILES string of the molecule is COc1c(C)cc2c(c1O)[C@@H]1C3Cc4c(O)c(C)c5c(c4[C@H](CN4C(=O)c6ccccc6C4=O)N3[C@@H](C#N)[C@H](C2)N1C)OCO5. The predicted molar refractivity (Wildman–Crippen MR) is 160 cm³/mol. The van der Waals surface area contributed by atoms with Gasteiger partial charge in [0, 0.05) is 40.9 Å². The molecule has 0 saturated carbocycles. The van der Waals surface area contributed by atoms with Gasteiger partial charge >= 0.3 is 0 Å². The van der Waals surface area contributed by atoms with Gasteiger partial charge in [-0.05, 0) is 57.0 Å². The molecule has 0 aliphatic carbocycles. The molecule has 2 N–H and O–H groups in total. The Morgan fingerprint density at radius 1 is 1.00 bits per heavy atom. The molecule has 3 aromatic carbocycles. The van der Waals surface area contributed by atoms with Gasteiger partial charge in [0.1, 0.15) is 11.8 Å². The van der Waals surface area contributed by atoms with E-state index in [1.54, 1.807) is 31.2 Å². The molecule has 8 rings (SSSR count). The number of phenolic OH excluding ortho intramolecular Hbond substituents is 2. The Morgan fingerprint density at radius 2 is 1.69 bits per heavy atom. The molecule has 1 unspecified atom stereocenters. The molecule has 0 spiro atoms. The standard InChI is InChI=1S/C34H32N4O7/c1-15-9-17-10-21-23(12-35)38-22(27(36(21)3)25(17)29(40)30(15)43-4)11-20-26(32-31(44-14-45-32)16(2)28(20)39)24(38)13-37-33(41)18-7-5-6-8-19(18)34(37)42/h5-9,21-24,27,39-40H,10-11,13-14H2,1-4H3/t21-,22?,23-,24-,27-/m0/s1. The number of hydrogen-bond acceptors (Lipinski definition) is 10. The fourth-order valence-corrected chi connectivity index (χ4v) is 8.60. The van der Waals surface area contributed by atoms with Gasteiger partial charge in [-0.25, -0.2) is 0 Å². The largest absolute Gasteiger partial charge is 0.507 e. The summed E-state index contributed by atoms with van der Waals surface area (Å²) in [6.07, 6.45) is 0.831. The van der Waals surface area contributed by atoms with Gasteiger partial charge in [0.25, 0.3) is 11.8 Å². The maximum Gasteiger partial charge on any atom is 0.261 e. The summed E-state index contributed by atoms with van der Waals surface area (Å²) in [7, 11) is 3.49. The molecule has 5 aliphatic rings. The molecule has 0 aromatic heterocycles. The lowest BCUT2D eigenvalue weighted by Crippen LogP contribution is -2.68. The number of methoxy groups -OCH3 is 1. The average Bonchev–Trinajstić information content (AvgIpc) is 3.60. The Morgan fingerprint density at radius 3 is 2.36 bits per heavy atom. The molecule has 11 nitrogen and oxygen atoms in total. The summed E-state index contributed by atoms with van der Waals surface area (Å²) >= 11 is 0. The number of rotatable bonds is 3. The first kappa shape index (κ1) is 27.7. The maximum absolute atomic E-state index is 13.7. The third-order valence-corrected chi connectivity index (χ3v) is 10.5. The van der Waals surface area contributed by atoms with Crippen LogP contribution in [0.3, 0.4) is 0 Å². The van der Waals surface area contributed by atoms with Crippen LogP contribution >= 0.6 is 0 Å².